The highest BCUT2D eigenvalue weighted by Gasteiger charge is 2.33. The average Bonchev–Trinajstić information content (AvgIpc) is 3.20. The zero-order valence-electron chi connectivity index (χ0n) is 14.7. The van der Waals surface area contributed by atoms with Crippen LogP contribution in [0.1, 0.15) is 11.1 Å². The molecular formula is C17H20F3N5OS. The standard InChI is InChI=1S/C17H20F3N5OS/c1-26-13-3-2-12(14(10-13)17(18,19)20)11-23-15(21)24-5-7-25(8-6-24)16-22-4-9-27-16/h2-4,9-10H,5-8,11H2,1H3,(H2,21,23). The molecule has 146 valence electrons. The maximum absolute atomic E-state index is 13.3. The number of guanidine groups is 1. The lowest BCUT2D eigenvalue weighted by molar-refractivity contribution is -0.138. The Morgan fingerprint density at radius 1 is 1.30 bits per heavy atom. The number of ether oxygens (including phenoxy) is 1. The Hall–Kier alpha value is -2.49. The Bertz CT molecular complexity index is 786. The first kappa shape index (κ1) is 19.3. The molecule has 0 bridgehead atoms. The van der Waals surface area contributed by atoms with Gasteiger partial charge in [0.05, 0.1) is 19.2 Å². The van der Waals surface area contributed by atoms with Crippen LogP contribution in [0.25, 0.3) is 0 Å². The van der Waals surface area contributed by atoms with E-state index in [1.54, 1.807) is 17.5 Å². The molecule has 3 rings (SSSR count). The predicted molar refractivity (Wildman–Crippen MR) is 99.2 cm³/mol. The van der Waals surface area contributed by atoms with Gasteiger partial charge in [0.2, 0.25) is 0 Å². The minimum absolute atomic E-state index is 0.0627. The van der Waals surface area contributed by atoms with E-state index in [9.17, 15) is 13.2 Å². The summed E-state index contributed by atoms with van der Waals surface area (Å²) in [5.41, 5.74) is 5.32. The number of nitrogens with zero attached hydrogens (tertiary/aromatic N) is 4. The number of alkyl halides is 3. The molecule has 1 fully saturated rings. The van der Waals surface area contributed by atoms with E-state index in [1.807, 2.05) is 10.3 Å². The largest absolute Gasteiger partial charge is 0.497 e. The molecule has 0 spiro atoms. The smallest absolute Gasteiger partial charge is 0.416 e. The van der Waals surface area contributed by atoms with Gasteiger partial charge in [-0.3, -0.25) is 0 Å². The molecule has 1 aromatic carbocycles. The molecule has 0 saturated carbocycles. The number of benzene rings is 1. The Morgan fingerprint density at radius 3 is 2.63 bits per heavy atom. The van der Waals surface area contributed by atoms with E-state index in [1.165, 1.54) is 19.2 Å². The first-order valence-electron chi connectivity index (χ1n) is 8.32. The number of hydrogen-bond acceptors (Lipinski definition) is 5. The van der Waals surface area contributed by atoms with Crippen LogP contribution in [0.3, 0.4) is 0 Å². The van der Waals surface area contributed by atoms with Gasteiger partial charge < -0.3 is 20.3 Å². The number of rotatable bonds is 4. The first-order chi connectivity index (χ1) is 12.9. The van der Waals surface area contributed by atoms with E-state index in [-0.39, 0.29) is 23.8 Å². The van der Waals surface area contributed by atoms with Crippen LogP contribution in [0.4, 0.5) is 18.3 Å². The zero-order chi connectivity index (χ0) is 19.4. The van der Waals surface area contributed by atoms with Gasteiger partial charge in [-0.25, -0.2) is 9.98 Å². The minimum Gasteiger partial charge on any atom is -0.497 e. The van der Waals surface area contributed by atoms with Gasteiger partial charge in [0.1, 0.15) is 5.75 Å². The molecule has 27 heavy (non-hydrogen) atoms. The van der Waals surface area contributed by atoms with Gasteiger partial charge >= 0.3 is 6.18 Å². The lowest BCUT2D eigenvalue weighted by Gasteiger charge is -2.35. The predicted octanol–water partition coefficient (Wildman–Crippen LogP) is 2.81. The Balaban J connectivity index is 1.66. The molecule has 2 aromatic rings. The summed E-state index contributed by atoms with van der Waals surface area (Å²) in [5.74, 6) is 0.402. The lowest BCUT2D eigenvalue weighted by Crippen LogP contribution is -2.51. The van der Waals surface area contributed by atoms with Crippen molar-refractivity contribution in [1.82, 2.24) is 9.88 Å². The molecule has 6 nitrogen and oxygen atoms in total. The molecule has 0 aliphatic carbocycles. The van der Waals surface area contributed by atoms with Crippen molar-refractivity contribution in [2.24, 2.45) is 10.7 Å². The van der Waals surface area contributed by atoms with E-state index in [4.69, 9.17) is 10.5 Å². The number of aromatic nitrogens is 1. The molecule has 0 atom stereocenters. The fourth-order valence-corrected chi connectivity index (χ4v) is 3.55. The van der Waals surface area contributed by atoms with Gasteiger partial charge in [-0.1, -0.05) is 6.07 Å². The Morgan fingerprint density at radius 2 is 2.04 bits per heavy atom. The molecule has 1 aromatic heterocycles. The van der Waals surface area contributed by atoms with Crippen LogP contribution < -0.4 is 15.4 Å². The van der Waals surface area contributed by atoms with Crippen molar-refractivity contribution in [1.29, 1.82) is 0 Å². The number of aliphatic imine (C=N–C) groups is 1. The summed E-state index contributed by atoms with van der Waals surface area (Å²) in [6.07, 6.45) is -2.72. The van der Waals surface area contributed by atoms with Gasteiger partial charge in [0, 0.05) is 37.8 Å². The molecule has 1 aliphatic rings. The molecule has 1 aliphatic heterocycles. The van der Waals surface area contributed by atoms with E-state index in [0.717, 1.165) is 24.3 Å². The second-order valence-corrected chi connectivity index (χ2v) is 6.86. The highest BCUT2D eigenvalue weighted by molar-refractivity contribution is 7.13. The maximum Gasteiger partial charge on any atom is 0.416 e. The number of halogens is 3. The van der Waals surface area contributed by atoms with Crippen molar-refractivity contribution in [3.05, 3.63) is 40.9 Å². The van der Waals surface area contributed by atoms with Gasteiger partial charge in [0.25, 0.3) is 0 Å². The monoisotopic (exact) mass is 399 g/mol. The van der Waals surface area contributed by atoms with Crippen molar-refractivity contribution in [2.75, 3.05) is 38.2 Å². The number of thiazole rings is 1. The van der Waals surface area contributed by atoms with E-state index >= 15 is 0 Å². The molecule has 0 unspecified atom stereocenters. The summed E-state index contributed by atoms with van der Waals surface area (Å²) >= 11 is 1.57. The summed E-state index contributed by atoms with van der Waals surface area (Å²) in [6, 6.07) is 3.84. The summed E-state index contributed by atoms with van der Waals surface area (Å²) < 4.78 is 44.7. The van der Waals surface area contributed by atoms with Crippen LogP contribution in [-0.2, 0) is 12.7 Å². The fourth-order valence-electron chi connectivity index (χ4n) is 2.85. The van der Waals surface area contributed by atoms with Gasteiger partial charge in [-0.15, -0.1) is 11.3 Å². The van der Waals surface area contributed by atoms with Gasteiger partial charge in [-0.05, 0) is 17.7 Å². The highest BCUT2D eigenvalue weighted by Crippen LogP contribution is 2.34. The summed E-state index contributed by atoms with van der Waals surface area (Å²) in [6.45, 7) is 2.62. The topological polar surface area (TPSA) is 67.0 Å². The summed E-state index contributed by atoms with van der Waals surface area (Å²) in [4.78, 5) is 12.5. The number of piperazine rings is 1. The fraction of sp³-hybridized carbons (Fsp3) is 0.412. The quantitative estimate of drug-likeness (QED) is 0.633. The molecule has 2 heterocycles. The lowest BCUT2D eigenvalue weighted by atomic mass is 10.1. The number of anilines is 1. The summed E-state index contributed by atoms with van der Waals surface area (Å²) in [7, 11) is 1.33. The van der Waals surface area contributed by atoms with Gasteiger partial charge in [0.15, 0.2) is 11.1 Å². The normalized spacial score (nSPS) is 15.9. The maximum atomic E-state index is 13.3. The van der Waals surface area contributed by atoms with Crippen molar-refractivity contribution in [3.63, 3.8) is 0 Å². The molecule has 10 heteroatoms. The molecular weight excluding hydrogens is 379 g/mol. The van der Waals surface area contributed by atoms with Crippen LogP contribution in [0.2, 0.25) is 0 Å². The van der Waals surface area contributed by atoms with Gasteiger partial charge in [-0.2, -0.15) is 13.2 Å². The van der Waals surface area contributed by atoms with Crippen LogP contribution in [-0.4, -0.2) is 49.1 Å². The number of hydrogen-bond donors (Lipinski definition) is 1. The van der Waals surface area contributed by atoms with E-state index in [2.05, 4.69) is 14.9 Å². The van der Waals surface area contributed by atoms with Crippen LogP contribution in [0.5, 0.6) is 5.75 Å². The number of nitrogens with two attached hydrogens (primary N) is 1. The van der Waals surface area contributed by atoms with Crippen LogP contribution >= 0.6 is 11.3 Å². The molecule has 2 N–H and O–H groups in total. The highest BCUT2D eigenvalue weighted by atomic mass is 32.1. The SMILES string of the molecule is COc1ccc(CN=C(N)N2CCN(c3nccs3)CC2)c(C(F)(F)F)c1. The van der Waals surface area contributed by atoms with Crippen LogP contribution in [0, 0.1) is 0 Å². The minimum atomic E-state index is -4.48. The molecule has 0 amide bonds. The summed E-state index contributed by atoms with van der Waals surface area (Å²) in [5, 5.41) is 2.88. The third-order valence-corrected chi connectivity index (χ3v) is 5.16. The number of methoxy groups -OCH3 is 1. The van der Waals surface area contributed by atoms with Crippen molar-refractivity contribution < 1.29 is 17.9 Å². The Kier molecular flexibility index (Phi) is 5.73. The Labute approximate surface area is 159 Å². The zero-order valence-corrected chi connectivity index (χ0v) is 15.6. The second-order valence-electron chi connectivity index (χ2n) is 5.98. The molecule has 1 saturated heterocycles. The van der Waals surface area contributed by atoms with E-state index < -0.39 is 11.7 Å². The van der Waals surface area contributed by atoms with Crippen molar-refractivity contribution in [2.45, 2.75) is 12.7 Å². The van der Waals surface area contributed by atoms with Crippen molar-refractivity contribution >= 4 is 22.4 Å². The van der Waals surface area contributed by atoms with E-state index in [0.29, 0.717) is 13.1 Å². The first-order valence-corrected chi connectivity index (χ1v) is 9.20. The third kappa shape index (κ3) is 4.62. The van der Waals surface area contributed by atoms with Crippen LogP contribution in [0.15, 0.2) is 34.8 Å². The van der Waals surface area contributed by atoms with Crippen molar-refractivity contribution in [3.8, 4) is 5.75 Å². The second kappa shape index (κ2) is 8.03. The molecule has 0 radical (unpaired) electrons. The average molecular weight is 399 g/mol. The third-order valence-electron chi connectivity index (χ3n) is 4.33.